The molecule has 0 saturated heterocycles. The van der Waals surface area contributed by atoms with E-state index in [4.69, 9.17) is 11.6 Å². The molecule has 21 heavy (non-hydrogen) atoms. The molecule has 0 spiro atoms. The molecule has 2 rings (SSSR count). The molecule has 1 fully saturated rings. The van der Waals surface area contributed by atoms with Gasteiger partial charge in [0.1, 0.15) is 0 Å². The summed E-state index contributed by atoms with van der Waals surface area (Å²) >= 11 is 6.13. The number of hydrogen-bond acceptors (Lipinski definition) is 2. The number of carbonyl (C=O) groups excluding carboxylic acids is 1. The standard InChI is InChI=1S/C16H20ClNO3/c1-4-18(9-10-7-5-6-8-11(10)17)14(19)12-13(15(20)21)16(12,2)3/h5-8,12-13H,4,9H2,1-3H3,(H,20,21)/t12-,13+/m1/s1. The summed E-state index contributed by atoms with van der Waals surface area (Å²) in [5.41, 5.74) is 0.399. The summed E-state index contributed by atoms with van der Waals surface area (Å²) in [4.78, 5) is 25.5. The molecule has 0 aromatic heterocycles. The molecule has 5 heteroatoms. The van der Waals surface area contributed by atoms with Crippen LogP contribution in [0.2, 0.25) is 5.02 Å². The summed E-state index contributed by atoms with van der Waals surface area (Å²) in [6.07, 6.45) is 0. The second-order valence-corrected chi connectivity index (χ2v) is 6.47. The Hall–Kier alpha value is -1.55. The third-order valence-corrected chi connectivity index (χ3v) is 4.74. The van der Waals surface area contributed by atoms with Gasteiger partial charge in [-0.25, -0.2) is 0 Å². The summed E-state index contributed by atoms with van der Waals surface area (Å²) in [6, 6.07) is 7.39. The number of carboxylic acids is 1. The Morgan fingerprint density at radius 1 is 1.29 bits per heavy atom. The second-order valence-electron chi connectivity index (χ2n) is 6.06. The van der Waals surface area contributed by atoms with Gasteiger partial charge in [-0.2, -0.15) is 0 Å². The van der Waals surface area contributed by atoms with Gasteiger partial charge in [-0.05, 0) is 24.0 Å². The molecule has 0 heterocycles. The van der Waals surface area contributed by atoms with Crippen LogP contribution in [0.25, 0.3) is 0 Å². The van der Waals surface area contributed by atoms with Gasteiger partial charge in [0.15, 0.2) is 0 Å². The number of amides is 1. The van der Waals surface area contributed by atoms with Crippen LogP contribution >= 0.6 is 11.6 Å². The van der Waals surface area contributed by atoms with Crippen LogP contribution in [0.4, 0.5) is 0 Å². The third-order valence-electron chi connectivity index (χ3n) is 4.37. The first-order valence-electron chi connectivity index (χ1n) is 7.05. The molecule has 114 valence electrons. The van der Waals surface area contributed by atoms with E-state index >= 15 is 0 Å². The van der Waals surface area contributed by atoms with Gasteiger partial charge < -0.3 is 10.0 Å². The number of halogens is 1. The highest BCUT2D eigenvalue weighted by molar-refractivity contribution is 6.31. The molecule has 1 N–H and O–H groups in total. The first-order valence-corrected chi connectivity index (χ1v) is 7.43. The van der Waals surface area contributed by atoms with Crippen molar-refractivity contribution in [2.45, 2.75) is 27.3 Å². The van der Waals surface area contributed by atoms with Gasteiger partial charge in [0.25, 0.3) is 0 Å². The molecule has 1 amide bonds. The Morgan fingerprint density at radius 2 is 1.90 bits per heavy atom. The molecule has 2 atom stereocenters. The maximum atomic E-state index is 12.6. The number of aliphatic carboxylic acids is 1. The van der Waals surface area contributed by atoms with Crippen molar-refractivity contribution in [2.75, 3.05) is 6.54 Å². The van der Waals surface area contributed by atoms with E-state index in [1.54, 1.807) is 11.0 Å². The fourth-order valence-corrected chi connectivity index (χ4v) is 3.13. The normalized spacial score (nSPS) is 22.7. The Kier molecular flexibility index (Phi) is 4.28. The third kappa shape index (κ3) is 2.91. The van der Waals surface area contributed by atoms with Crippen LogP contribution in [0.1, 0.15) is 26.3 Å². The highest BCUT2D eigenvalue weighted by Gasteiger charge is 2.66. The number of hydrogen-bond donors (Lipinski definition) is 1. The molecule has 1 aliphatic carbocycles. The summed E-state index contributed by atoms with van der Waals surface area (Å²) in [6.45, 7) is 6.49. The molecular formula is C16H20ClNO3. The van der Waals surface area contributed by atoms with E-state index < -0.39 is 23.2 Å². The Labute approximate surface area is 129 Å². The zero-order chi connectivity index (χ0) is 15.8. The fourth-order valence-electron chi connectivity index (χ4n) is 2.93. The number of rotatable bonds is 5. The average molecular weight is 310 g/mol. The molecule has 0 radical (unpaired) electrons. The van der Waals surface area contributed by atoms with E-state index in [-0.39, 0.29) is 5.91 Å². The van der Waals surface area contributed by atoms with Crippen LogP contribution in [0, 0.1) is 17.3 Å². The molecule has 1 aliphatic rings. The lowest BCUT2D eigenvalue weighted by Gasteiger charge is -2.22. The molecule has 0 aliphatic heterocycles. The van der Waals surface area contributed by atoms with Crippen molar-refractivity contribution in [3.63, 3.8) is 0 Å². The average Bonchev–Trinajstić information content (AvgIpc) is 3.00. The predicted octanol–water partition coefficient (Wildman–Crippen LogP) is 3.05. The minimum absolute atomic E-state index is 0.102. The highest BCUT2D eigenvalue weighted by Crippen LogP contribution is 2.59. The minimum Gasteiger partial charge on any atom is -0.481 e. The fraction of sp³-hybridized carbons (Fsp3) is 0.500. The monoisotopic (exact) mass is 309 g/mol. The van der Waals surface area contributed by atoms with Crippen molar-refractivity contribution in [3.8, 4) is 0 Å². The SMILES string of the molecule is CCN(Cc1ccccc1Cl)C(=O)[C@H]1[C@@H](C(=O)O)C1(C)C. The van der Waals surface area contributed by atoms with Crippen LogP contribution in [-0.2, 0) is 16.1 Å². The van der Waals surface area contributed by atoms with Crippen molar-refractivity contribution < 1.29 is 14.7 Å². The zero-order valence-electron chi connectivity index (χ0n) is 12.5. The lowest BCUT2D eigenvalue weighted by molar-refractivity contribution is -0.142. The number of carbonyl (C=O) groups is 2. The van der Waals surface area contributed by atoms with Crippen LogP contribution in [0.5, 0.6) is 0 Å². The van der Waals surface area contributed by atoms with Crippen molar-refractivity contribution in [1.29, 1.82) is 0 Å². The maximum absolute atomic E-state index is 12.6. The van der Waals surface area contributed by atoms with Gasteiger partial charge in [0, 0.05) is 18.1 Å². The first kappa shape index (κ1) is 15.8. The highest BCUT2D eigenvalue weighted by atomic mass is 35.5. The van der Waals surface area contributed by atoms with E-state index in [2.05, 4.69) is 0 Å². The summed E-state index contributed by atoms with van der Waals surface area (Å²) in [5, 5.41) is 9.82. The van der Waals surface area contributed by atoms with Crippen LogP contribution in [0.3, 0.4) is 0 Å². The summed E-state index contributed by atoms with van der Waals surface area (Å²) < 4.78 is 0. The number of benzene rings is 1. The van der Waals surface area contributed by atoms with Gasteiger partial charge >= 0.3 is 5.97 Å². The van der Waals surface area contributed by atoms with Crippen molar-refractivity contribution in [3.05, 3.63) is 34.9 Å². The van der Waals surface area contributed by atoms with Crippen molar-refractivity contribution in [1.82, 2.24) is 4.90 Å². The van der Waals surface area contributed by atoms with E-state index in [9.17, 15) is 14.7 Å². The van der Waals surface area contributed by atoms with Gasteiger partial charge in [0.2, 0.25) is 5.91 Å². The topological polar surface area (TPSA) is 57.6 Å². The van der Waals surface area contributed by atoms with Gasteiger partial charge in [-0.1, -0.05) is 43.6 Å². The summed E-state index contributed by atoms with van der Waals surface area (Å²) in [5.74, 6) is -2.04. The van der Waals surface area contributed by atoms with Gasteiger partial charge in [-0.15, -0.1) is 0 Å². The van der Waals surface area contributed by atoms with Gasteiger partial charge in [-0.3, -0.25) is 9.59 Å². The summed E-state index contributed by atoms with van der Waals surface area (Å²) in [7, 11) is 0. The molecule has 4 nitrogen and oxygen atoms in total. The van der Waals surface area contributed by atoms with E-state index in [0.717, 1.165) is 5.56 Å². The van der Waals surface area contributed by atoms with Crippen LogP contribution < -0.4 is 0 Å². The van der Waals surface area contributed by atoms with Crippen LogP contribution in [-0.4, -0.2) is 28.4 Å². The molecule has 1 aromatic rings. The van der Waals surface area contributed by atoms with Gasteiger partial charge in [0.05, 0.1) is 11.8 Å². The minimum atomic E-state index is -0.896. The Bertz CT molecular complexity index is 570. The molecule has 0 bridgehead atoms. The quantitative estimate of drug-likeness (QED) is 0.909. The van der Waals surface area contributed by atoms with E-state index in [1.165, 1.54) is 0 Å². The van der Waals surface area contributed by atoms with Crippen molar-refractivity contribution >= 4 is 23.5 Å². The predicted molar refractivity (Wildman–Crippen MR) is 80.9 cm³/mol. The molecule has 1 aromatic carbocycles. The Balaban J connectivity index is 2.14. The second kappa shape index (κ2) is 5.68. The Morgan fingerprint density at radius 3 is 2.38 bits per heavy atom. The lowest BCUT2D eigenvalue weighted by Crippen LogP contribution is -2.33. The smallest absolute Gasteiger partial charge is 0.307 e. The molecular weight excluding hydrogens is 290 g/mol. The number of carboxylic acid groups (broad SMARTS) is 1. The lowest BCUT2D eigenvalue weighted by atomic mass is 10.1. The number of nitrogens with zero attached hydrogens (tertiary/aromatic N) is 1. The van der Waals surface area contributed by atoms with E-state index in [0.29, 0.717) is 18.1 Å². The largest absolute Gasteiger partial charge is 0.481 e. The van der Waals surface area contributed by atoms with E-state index in [1.807, 2.05) is 39.0 Å². The van der Waals surface area contributed by atoms with Crippen molar-refractivity contribution in [2.24, 2.45) is 17.3 Å². The zero-order valence-corrected chi connectivity index (χ0v) is 13.2. The molecule has 1 saturated carbocycles. The van der Waals surface area contributed by atoms with Crippen LogP contribution in [0.15, 0.2) is 24.3 Å². The first-order chi connectivity index (χ1) is 9.80. The maximum Gasteiger partial charge on any atom is 0.307 e. The molecule has 0 unspecified atom stereocenters.